The topological polar surface area (TPSA) is 98.1 Å². The fourth-order valence-electron chi connectivity index (χ4n) is 2.91. The zero-order valence-electron chi connectivity index (χ0n) is 16.9. The molecule has 0 bridgehead atoms. The van der Waals surface area contributed by atoms with Crippen molar-refractivity contribution in [2.24, 2.45) is 0 Å². The first-order valence-corrected chi connectivity index (χ1v) is 11.3. The molecule has 0 aliphatic rings. The van der Waals surface area contributed by atoms with Gasteiger partial charge in [-0.2, -0.15) is 5.10 Å². The van der Waals surface area contributed by atoms with Gasteiger partial charge in [-0.3, -0.25) is 9.59 Å². The van der Waals surface area contributed by atoms with Gasteiger partial charge < -0.3 is 5.32 Å². The van der Waals surface area contributed by atoms with Gasteiger partial charge >= 0.3 is 0 Å². The molecule has 0 aliphatic heterocycles. The first-order chi connectivity index (χ1) is 14.8. The average Bonchev–Trinajstić information content (AvgIpc) is 2.74. The minimum absolute atomic E-state index is 0.294. The van der Waals surface area contributed by atoms with E-state index in [-0.39, 0.29) is 4.90 Å². The van der Waals surface area contributed by atoms with E-state index in [4.69, 9.17) is 0 Å². The third-order valence-electron chi connectivity index (χ3n) is 4.57. The third kappa shape index (κ3) is 5.64. The van der Waals surface area contributed by atoms with Crippen molar-refractivity contribution in [3.8, 4) is 0 Å². The van der Waals surface area contributed by atoms with Crippen LogP contribution in [0.25, 0.3) is 0 Å². The summed E-state index contributed by atoms with van der Waals surface area (Å²) in [5.74, 6) is -1.24. The molecule has 1 N–H and O–H groups in total. The number of nitrogens with zero attached hydrogens (tertiary/aromatic N) is 2. The number of unbranched alkanes of at least 4 members (excludes halogenated alkanes) is 1. The fourth-order valence-corrected chi connectivity index (χ4v) is 4.13. The molecule has 1 amide bonds. The predicted molar refractivity (Wildman–Crippen MR) is 114 cm³/mol. The highest BCUT2D eigenvalue weighted by Crippen LogP contribution is 2.18. The number of carbonyl (C=O) groups is 1. The minimum atomic E-state index is -4.15. The highest BCUT2D eigenvalue weighted by molar-refractivity contribution is 7.91. The van der Waals surface area contributed by atoms with Gasteiger partial charge in [0.15, 0.2) is 5.03 Å². The molecule has 2 aromatic carbocycles. The molecular formula is C22H22FN3O4S. The van der Waals surface area contributed by atoms with E-state index in [1.54, 1.807) is 12.1 Å². The van der Waals surface area contributed by atoms with Gasteiger partial charge in [-0.1, -0.05) is 31.5 Å². The van der Waals surface area contributed by atoms with Crippen LogP contribution in [-0.4, -0.2) is 24.1 Å². The minimum Gasteiger partial charge on any atom is -0.324 e. The van der Waals surface area contributed by atoms with Gasteiger partial charge in [-0.05, 0) is 54.8 Å². The first kappa shape index (κ1) is 22.4. The molecule has 31 heavy (non-hydrogen) atoms. The second-order valence-electron chi connectivity index (χ2n) is 6.98. The molecule has 7 nitrogen and oxygen atoms in total. The Hall–Kier alpha value is -3.33. The fraction of sp³-hybridized carbons (Fsp3) is 0.227. The second-order valence-corrected chi connectivity index (χ2v) is 8.87. The lowest BCUT2D eigenvalue weighted by Crippen LogP contribution is -2.30. The van der Waals surface area contributed by atoms with Crippen LogP contribution < -0.4 is 10.9 Å². The van der Waals surface area contributed by atoms with Crippen LogP contribution in [0.4, 0.5) is 10.1 Å². The maximum Gasteiger partial charge on any atom is 0.267 e. The summed E-state index contributed by atoms with van der Waals surface area (Å²) in [6.45, 7) is 1.64. The zero-order valence-corrected chi connectivity index (χ0v) is 17.7. The Morgan fingerprint density at radius 3 is 2.52 bits per heavy atom. The normalized spacial score (nSPS) is 11.3. The Bertz CT molecular complexity index is 1240. The Morgan fingerprint density at radius 2 is 1.84 bits per heavy atom. The van der Waals surface area contributed by atoms with Crippen molar-refractivity contribution >= 4 is 21.4 Å². The summed E-state index contributed by atoms with van der Waals surface area (Å²) in [6, 6.07) is 13.9. The molecule has 3 rings (SSSR count). The van der Waals surface area contributed by atoms with Crippen molar-refractivity contribution in [3.05, 3.63) is 82.4 Å². The summed E-state index contributed by atoms with van der Waals surface area (Å²) >= 11 is 0. The lowest BCUT2D eigenvalue weighted by Gasteiger charge is -2.09. The van der Waals surface area contributed by atoms with Crippen LogP contribution in [0.1, 0.15) is 25.3 Å². The molecule has 1 heterocycles. The van der Waals surface area contributed by atoms with Gasteiger partial charge in [0.2, 0.25) is 15.7 Å². The van der Waals surface area contributed by atoms with Gasteiger partial charge in [-0.25, -0.2) is 17.5 Å². The van der Waals surface area contributed by atoms with E-state index in [1.807, 2.05) is 12.1 Å². The molecular weight excluding hydrogens is 421 g/mol. The Labute approximate surface area is 179 Å². The van der Waals surface area contributed by atoms with E-state index in [2.05, 4.69) is 17.3 Å². The van der Waals surface area contributed by atoms with Crippen molar-refractivity contribution in [2.75, 3.05) is 5.32 Å². The Morgan fingerprint density at radius 1 is 1.10 bits per heavy atom. The molecule has 0 aliphatic carbocycles. The molecule has 0 atom stereocenters. The molecule has 3 aromatic rings. The average molecular weight is 444 g/mol. The zero-order chi connectivity index (χ0) is 22.4. The number of carbonyl (C=O) groups excluding carboxylic acids is 1. The molecule has 1 aromatic heterocycles. The molecule has 0 saturated carbocycles. The number of hydrogen-bond acceptors (Lipinski definition) is 5. The van der Waals surface area contributed by atoms with Gasteiger partial charge in [-0.15, -0.1) is 0 Å². The second kappa shape index (κ2) is 9.65. The number of benzene rings is 2. The summed E-state index contributed by atoms with van der Waals surface area (Å²) in [4.78, 5) is 24.2. The molecule has 0 saturated heterocycles. The quantitative estimate of drug-likeness (QED) is 0.577. The highest BCUT2D eigenvalue weighted by atomic mass is 32.2. The van der Waals surface area contributed by atoms with Crippen LogP contribution in [0.2, 0.25) is 0 Å². The molecule has 0 fully saturated rings. The predicted octanol–water partition coefficient (Wildman–Crippen LogP) is 3.20. The van der Waals surface area contributed by atoms with Gasteiger partial charge in [0, 0.05) is 11.8 Å². The Balaban J connectivity index is 1.76. The maximum atomic E-state index is 13.4. The number of nitrogens with one attached hydrogen (secondary N) is 1. The van der Waals surface area contributed by atoms with E-state index in [0.717, 1.165) is 53.8 Å². The van der Waals surface area contributed by atoms with Crippen molar-refractivity contribution in [1.29, 1.82) is 0 Å². The lowest BCUT2D eigenvalue weighted by atomic mass is 10.1. The Kier molecular flexibility index (Phi) is 6.96. The lowest BCUT2D eigenvalue weighted by molar-refractivity contribution is -0.117. The number of aromatic nitrogens is 2. The molecule has 0 radical (unpaired) electrons. The van der Waals surface area contributed by atoms with Crippen molar-refractivity contribution in [2.45, 2.75) is 42.7 Å². The number of halogens is 1. The number of amides is 1. The number of rotatable bonds is 8. The summed E-state index contributed by atoms with van der Waals surface area (Å²) in [5, 5.41) is 6.02. The van der Waals surface area contributed by atoms with Gasteiger partial charge in [0.25, 0.3) is 5.56 Å². The number of hydrogen-bond donors (Lipinski definition) is 1. The molecule has 162 valence electrons. The van der Waals surface area contributed by atoms with E-state index < -0.39 is 38.7 Å². The maximum absolute atomic E-state index is 13.4. The summed E-state index contributed by atoms with van der Waals surface area (Å²) in [6.07, 6.45) is 3.13. The molecule has 9 heteroatoms. The SMILES string of the molecule is CCCCc1ccc(NC(=O)Cn2nc(S(=O)(=O)c3cccc(F)c3)ccc2=O)cc1. The van der Waals surface area contributed by atoms with Crippen molar-refractivity contribution in [3.63, 3.8) is 0 Å². The largest absolute Gasteiger partial charge is 0.324 e. The van der Waals surface area contributed by atoms with E-state index in [9.17, 15) is 22.4 Å². The van der Waals surface area contributed by atoms with Crippen molar-refractivity contribution < 1.29 is 17.6 Å². The summed E-state index contributed by atoms with van der Waals surface area (Å²) < 4.78 is 39.6. The highest BCUT2D eigenvalue weighted by Gasteiger charge is 2.21. The standard InChI is InChI=1S/C22H22FN3O4S/c1-2-3-5-16-8-10-18(11-9-16)24-20(27)15-26-22(28)13-12-21(25-26)31(29,30)19-7-4-6-17(23)14-19/h4,6-14H,2-3,5,15H2,1H3,(H,24,27). The number of sulfone groups is 1. The third-order valence-corrected chi connectivity index (χ3v) is 6.22. The summed E-state index contributed by atoms with van der Waals surface area (Å²) in [7, 11) is -4.15. The van der Waals surface area contributed by atoms with Gasteiger partial charge in [0.1, 0.15) is 12.4 Å². The smallest absolute Gasteiger partial charge is 0.267 e. The van der Waals surface area contributed by atoms with E-state index >= 15 is 0 Å². The van der Waals surface area contributed by atoms with Crippen LogP contribution >= 0.6 is 0 Å². The van der Waals surface area contributed by atoms with E-state index in [1.165, 1.54) is 12.1 Å². The van der Waals surface area contributed by atoms with Crippen LogP contribution in [0.5, 0.6) is 0 Å². The summed E-state index contributed by atoms with van der Waals surface area (Å²) in [5.41, 5.74) is 1.08. The molecule has 0 unspecified atom stereocenters. The first-order valence-electron chi connectivity index (χ1n) is 9.77. The van der Waals surface area contributed by atoms with Gasteiger partial charge in [0.05, 0.1) is 4.90 Å². The van der Waals surface area contributed by atoms with Crippen LogP contribution in [-0.2, 0) is 27.6 Å². The molecule has 0 spiro atoms. The monoisotopic (exact) mass is 443 g/mol. The van der Waals surface area contributed by atoms with Crippen LogP contribution in [0, 0.1) is 5.82 Å². The van der Waals surface area contributed by atoms with Crippen LogP contribution in [0.15, 0.2) is 75.4 Å². The van der Waals surface area contributed by atoms with Crippen molar-refractivity contribution in [1.82, 2.24) is 9.78 Å². The van der Waals surface area contributed by atoms with Crippen LogP contribution in [0.3, 0.4) is 0 Å². The number of aryl methyl sites for hydroxylation is 1. The van der Waals surface area contributed by atoms with E-state index in [0.29, 0.717) is 5.69 Å². The number of anilines is 1.